The van der Waals surface area contributed by atoms with Gasteiger partial charge in [-0.05, 0) is 31.6 Å². The second-order valence-corrected chi connectivity index (χ2v) is 4.93. The van der Waals surface area contributed by atoms with E-state index < -0.39 is 0 Å². The first-order valence-electron chi connectivity index (χ1n) is 6.57. The highest BCUT2D eigenvalue weighted by atomic mass is 16.1. The molecule has 1 amide bonds. The number of nitrogen functional groups attached to an aromatic ring is 1. The fourth-order valence-electron chi connectivity index (χ4n) is 2.46. The zero-order valence-corrected chi connectivity index (χ0v) is 10.7. The molecule has 1 saturated carbocycles. The molecule has 5 nitrogen and oxygen atoms in total. The van der Waals surface area contributed by atoms with Gasteiger partial charge in [0.15, 0.2) is 0 Å². The minimum Gasteiger partial charge on any atom is -0.382 e. The van der Waals surface area contributed by atoms with Crippen molar-refractivity contribution in [3.63, 3.8) is 0 Å². The number of anilines is 1. The average molecular weight is 248 g/mol. The smallest absolute Gasteiger partial charge is 0.271 e. The number of aromatic nitrogens is 2. The van der Waals surface area contributed by atoms with Crippen molar-refractivity contribution in [2.45, 2.75) is 45.1 Å². The third-order valence-corrected chi connectivity index (χ3v) is 3.65. The maximum atomic E-state index is 11.9. The zero-order chi connectivity index (χ0) is 13.0. The second-order valence-electron chi connectivity index (χ2n) is 4.93. The van der Waals surface area contributed by atoms with E-state index in [4.69, 9.17) is 5.73 Å². The summed E-state index contributed by atoms with van der Waals surface area (Å²) < 4.78 is 0. The van der Waals surface area contributed by atoms with E-state index in [1.54, 1.807) is 0 Å². The van der Waals surface area contributed by atoms with Gasteiger partial charge in [-0.1, -0.05) is 13.3 Å². The lowest BCUT2D eigenvalue weighted by Gasteiger charge is -2.28. The molecule has 0 unspecified atom stereocenters. The molecule has 2 rings (SSSR count). The third-order valence-electron chi connectivity index (χ3n) is 3.65. The Hall–Kier alpha value is -1.65. The molecular weight excluding hydrogens is 228 g/mol. The quantitative estimate of drug-likeness (QED) is 0.854. The zero-order valence-electron chi connectivity index (χ0n) is 10.7. The molecule has 1 aromatic heterocycles. The van der Waals surface area contributed by atoms with Crippen molar-refractivity contribution >= 4 is 11.7 Å². The predicted octanol–water partition coefficient (Wildman–Crippen LogP) is 1.76. The molecule has 1 aliphatic rings. The van der Waals surface area contributed by atoms with E-state index in [1.807, 2.05) is 0 Å². The van der Waals surface area contributed by atoms with Crippen molar-refractivity contribution in [1.29, 1.82) is 0 Å². The Morgan fingerprint density at radius 2 is 2.11 bits per heavy atom. The summed E-state index contributed by atoms with van der Waals surface area (Å²) in [5.41, 5.74) is 5.81. The summed E-state index contributed by atoms with van der Waals surface area (Å²) in [7, 11) is 0. The SMILES string of the molecule is CCC1CCC(NC(=O)c2cncc(N)n2)CC1. The summed E-state index contributed by atoms with van der Waals surface area (Å²) in [5, 5.41) is 3.01. The van der Waals surface area contributed by atoms with Crippen LogP contribution in [0.1, 0.15) is 49.5 Å². The highest BCUT2D eigenvalue weighted by molar-refractivity contribution is 5.92. The van der Waals surface area contributed by atoms with Crippen molar-refractivity contribution in [3.05, 3.63) is 18.1 Å². The van der Waals surface area contributed by atoms with Crippen LogP contribution in [-0.4, -0.2) is 21.9 Å². The van der Waals surface area contributed by atoms with Crippen LogP contribution in [0.3, 0.4) is 0 Å². The van der Waals surface area contributed by atoms with Gasteiger partial charge in [0.25, 0.3) is 5.91 Å². The Bertz CT molecular complexity index is 413. The fraction of sp³-hybridized carbons (Fsp3) is 0.615. The molecule has 1 fully saturated rings. The maximum absolute atomic E-state index is 11.9. The standard InChI is InChI=1S/C13H20N4O/c1-2-9-3-5-10(6-4-9)16-13(18)11-7-15-8-12(14)17-11/h7-10H,2-6H2,1H3,(H2,14,17)(H,16,18). The molecule has 0 aromatic carbocycles. The van der Waals surface area contributed by atoms with Gasteiger partial charge in [-0.3, -0.25) is 9.78 Å². The van der Waals surface area contributed by atoms with Crippen LogP contribution >= 0.6 is 0 Å². The largest absolute Gasteiger partial charge is 0.382 e. The van der Waals surface area contributed by atoms with Crippen LogP contribution < -0.4 is 11.1 Å². The topological polar surface area (TPSA) is 80.9 Å². The lowest BCUT2D eigenvalue weighted by Crippen LogP contribution is -2.38. The predicted molar refractivity (Wildman–Crippen MR) is 69.9 cm³/mol. The van der Waals surface area contributed by atoms with Crippen LogP contribution in [-0.2, 0) is 0 Å². The molecule has 18 heavy (non-hydrogen) atoms. The third kappa shape index (κ3) is 3.18. The van der Waals surface area contributed by atoms with Crippen molar-refractivity contribution in [3.8, 4) is 0 Å². The van der Waals surface area contributed by atoms with E-state index in [0.717, 1.165) is 18.8 Å². The number of nitrogens with zero attached hydrogens (tertiary/aromatic N) is 2. The Balaban J connectivity index is 1.89. The number of hydrogen-bond acceptors (Lipinski definition) is 4. The minimum absolute atomic E-state index is 0.172. The molecule has 0 aliphatic heterocycles. The highest BCUT2D eigenvalue weighted by Crippen LogP contribution is 2.26. The number of carbonyl (C=O) groups excluding carboxylic acids is 1. The first-order chi connectivity index (χ1) is 8.69. The van der Waals surface area contributed by atoms with Crippen LogP contribution in [0.2, 0.25) is 0 Å². The van der Waals surface area contributed by atoms with Crippen LogP contribution in [0.4, 0.5) is 5.82 Å². The van der Waals surface area contributed by atoms with Crippen molar-refractivity contribution in [2.75, 3.05) is 5.73 Å². The van der Waals surface area contributed by atoms with E-state index in [9.17, 15) is 4.79 Å². The van der Waals surface area contributed by atoms with E-state index in [-0.39, 0.29) is 17.8 Å². The van der Waals surface area contributed by atoms with Gasteiger partial charge in [-0.15, -0.1) is 0 Å². The molecule has 0 spiro atoms. The number of nitrogens with one attached hydrogen (secondary N) is 1. The maximum Gasteiger partial charge on any atom is 0.271 e. The number of amides is 1. The minimum atomic E-state index is -0.172. The summed E-state index contributed by atoms with van der Waals surface area (Å²) in [6.07, 6.45) is 8.63. The summed E-state index contributed by atoms with van der Waals surface area (Å²) in [6.45, 7) is 2.23. The van der Waals surface area contributed by atoms with Gasteiger partial charge in [0.05, 0.1) is 12.4 Å². The lowest BCUT2D eigenvalue weighted by molar-refractivity contribution is 0.0916. The molecule has 0 radical (unpaired) electrons. The molecule has 3 N–H and O–H groups in total. The van der Waals surface area contributed by atoms with Gasteiger partial charge < -0.3 is 11.1 Å². The molecule has 98 valence electrons. The molecule has 1 aliphatic carbocycles. The Morgan fingerprint density at radius 1 is 1.39 bits per heavy atom. The first kappa shape index (κ1) is 12.8. The van der Waals surface area contributed by atoms with Crippen LogP contribution in [0, 0.1) is 5.92 Å². The molecule has 5 heteroatoms. The molecule has 0 bridgehead atoms. The van der Waals surface area contributed by atoms with Gasteiger partial charge in [0, 0.05) is 6.04 Å². The summed E-state index contributed by atoms with van der Waals surface area (Å²) in [5.74, 6) is 0.928. The van der Waals surface area contributed by atoms with Gasteiger partial charge in [0.2, 0.25) is 0 Å². The molecule has 0 atom stereocenters. The van der Waals surface area contributed by atoms with Crippen molar-refractivity contribution < 1.29 is 4.79 Å². The second kappa shape index (κ2) is 5.80. The lowest BCUT2D eigenvalue weighted by atomic mass is 9.84. The van der Waals surface area contributed by atoms with E-state index in [0.29, 0.717) is 5.69 Å². The van der Waals surface area contributed by atoms with Crippen LogP contribution in [0.5, 0.6) is 0 Å². The number of nitrogens with two attached hydrogens (primary N) is 1. The number of carbonyl (C=O) groups is 1. The van der Waals surface area contributed by atoms with Gasteiger partial charge in [-0.2, -0.15) is 0 Å². The number of rotatable bonds is 3. The van der Waals surface area contributed by atoms with Crippen molar-refractivity contribution in [2.24, 2.45) is 5.92 Å². The summed E-state index contributed by atoms with van der Waals surface area (Å²) >= 11 is 0. The molecule has 1 heterocycles. The normalized spacial score (nSPS) is 23.6. The van der Waals surface area contributed by atoms with Crippen LogP contribution in [0.15, 0.2) is 12.4 Å². The van der Waals surface area contributed by atoms with Crippen molar-refractivity contribution in [1.82, 2.24) is 15.3 Å². The van der Waals surface area contributed by atoms with Crippen LogP contribution in [0.25, 0.3) is 0 Å². The summed E-state index contributed by atoms with van der Waals surface area (Å²) in [4.78, 5) is 19.8. The first-order valence-corrected chi connectivity index (χ1v) is 6.57. The summed E-state index contributed by atoms with van der Waals surface area (Å²) in [6, 6.07) is 0.267. The number of hydrogen-bond donors (Lipinski definition) is 2. The van der Waals surface area contributed by atoms with Gasteiger partial charge in [-0.25, -0.2) is 4.98 Å². The van der Waals surface area contributed by atoms with E-state index >= 15 is 0 Å². The van der Waals surface area contributed by atoms with Gasteiger partial charge >= 0.3 is 0 Å². The fourth-order valence-corrected chi connectivity index (χ4v) is 2.46. The molecular formula is C13H20N4O. The Morgan fingerprint density at radius 3 is 2.72 bits per heavy atom. The highest BCUT2D eigenvalue weighted by Gasteiger charge is 2.22. The van der Waals surface area contributed by atoms with E-state index in [2.05, 4.69) is 22.2 Å². The van der Waals surface area contributed by atoms with Gasteiger partial charge in [0.1, 0.15) is 11.5 Å². The molecule has 0 saturated heterocycles. The monoisotopic (exact) mass is 248 g/mol. The average Bonchev–Trinajstić information content (AvgIpc) is 2.39. The molecule has 1 aromatic rings. The van der Waals surface area contributed by atoms with E-state index in [1.165, 1.54) is 31.7 Å². The Labute approximate surface area is 107 Å². The Kier molecular flexibility index (Phi) is 4.12.